The topological polar surface area (TPSA) is 145 Å². The monoisotopic (exact) mass is 374 g/mol. The molecule has 0 radical (unpaired) electrons. The second-order valence-electron chi connectivity index (χ2n) is 7.34. The third-order valence-electron chi connectivity index (χ3n) is 5.52. The Balaban J connectivity index is 1.45. The minimum atomic E-state index is -0.731. The molecule has 1 aromatic rings. The molecule has 1 saturated heterocycles. The number of nitrogens with one attached hydrogen (secondary N) is 2. The number of rotatable bonds is 5. The Morgan fingerprint density at radius 3 is 2.19 bits per heavy atom. The standard InChI is InChI=1S/C18H26N6O3/c19-15(20)13-9-21-18(22-10-13)24-7-5-11(6-8-24)16(25)23-14-3-1-12(2-4-14)17(26)27/h9-12,14H,1-8H2,(H3,19,20)(H,23,25)(H,26,27). The fraction of sp³-hybridized carbons (Fsp3) is 0.611. The molecule has 0 aromatic carbocycles. The van der Waals surface area contributed by atoms with E-state index in [0.29, 0.717) is 37.4 Å². The second-order valence-corrected chi connectivity index (χ2v) is 7.34. The molecular weight excluding hydrogens is 348 g/mol. The zero-order valence-corrected chi connectivity index (χ0v) is 15.2. The van der Waals surface area contributed by atoms with E-state index >= 15 is 0 Å². The van der Waals surface area contributed by atoms with Crippen LogP contribution >= 0.6 is 0 Å². The maximum absolute atomic E-state index is 12.5. The first-order valence-corrected chi connectivity index (χ1v) is 9.38. The quantitative estimate of drug-likeness (QED) is 0.439. The Kier molecular flexibility index (Phi) is 5.88. The van der Waals surface area contributed by atoms with Gasteiger partial charge in [-0.2, -0.15) is 0 Å². The molecule has 3 rings (SSSR count). The first-order valence-electron chi connectivity index (χ1n) is 9.38. The number of aliphatic carboxylic acids is 1. The average Bonchev–Trinajstić information content (AvgIpc) is 2.68. The van der Waals surface area contributed by atoms with Crippen molar-refractivity contribution in [3.05, 3.63) is 18.0 Å². The van der Waals surface area contributed by atoms with E-state index in [0.717, 1.165) is 25.7 Å². The van der Waals surface area contributed by atoms with Gasteiger partial charge in [0.1, 0.15) is 5.84 Å². The van der Waals surface area contributed by atoms with Gasteiger partial charge in [-0.25, -0.2) is 9.97 Å². The highest BCUT2D eigenvalue weighted by molar-refractivity contribution is 5.94. The number of amidine groups is 1. The highest BCUT2D eigenvalue weighted by Crippen LogP contribution is 2.26. The van der Waals surface area contributed by atoms with Gasteiger partial charge in [0.25, 0.3) is 0 Å². The molecule has 27 heavy (non-hydrogen) atoms. The Morgan fingerprint density at radius 2 is 1.67 bits per heavy atom. The summed E-state index contributed by atoms with van der Waals surface area (Å²) in [6, 6.07) is 0.0913. The summed E-state index contributed by atoms with van der Waals surface area (Å²) in [6.07, 6.45) is 7.27. The highest BCUT2D eigenvalue weighted by atomic mass is 16.4. The predicted molar refractivity (Wildman–Crippen MR) is 99.5 cm³/mol. The lowest BCUT2D eigenvalue weighted by Crippen LogP contribution is -2.45. The summed E-state index contributed by atoms with van der Waals surface area (Å²) in [7, 11) is 0. The summed E-state index contributed by atoms with van der Waals surface area (Å²) in [5, 5.41) is 19.5. The largest absolute Gasteiger partial charge is 0.481 e. The lowest BCUT2D eigenvalue weighted by Gasteiger charge is -2.33. The van der Waals surface area contributed by atoms with Crippen LogP contribution in [0, 0.1) is 17.2 Å². The van der Waals surface area contributed by atoms with Crippen LogP contribution < -0.4 is 16.0 Å². The molecule has 1 saturated carbocycles. The number of carbonyl (C=O) groups is 2. The van der Waals surface area contributed by atoms with Gasteiger partial charge in [0.15, 0.2) is 0 Å². The molecule has 1 aliphatic carbocycles. The number of anilines is 1. The number of piperidine rings is 1. The van der Waals surface area contributed by atoms with Gasteiger partial charge in [-0.1, -0.05) is 0 Å². The van der Waals surface area contributed by atoms with Gasteiger partial charge in [0, 0.05) is 37.4 Å². The summed E-state index contributed by atoms with van der Waals surface area (Å²) in [5.41, 5.74) is 5.90. The van der Waals surface area contributed by atoms with Gasteiger partial charge < -0.3 is 21.1 Å². The van der Waals surface area contributed by atoms with Gasteiger partial charge in [-0.3, -0.25) is 15.0 Å². The number of nitrogen functional groups attached to an aromatic ring is 1. The molecule has 0 spiro atoms. The molecule has 0 atom stereocenters. The molecule has 0 bridgehead atoms. The van der Waals surface area contributed by atoms with Crippen LogP contribution in [-0.4, -0.2) is 51.9 Å². The first kappa shape index (κ1) is 19.1. The summed E-state index contributed by atoms with van der Waals surface area (Å²) in [6.45, 7) is 1.40. The van der Waals surface area contributed by atoms with Crippen molar-refractivity contribution in [1.29, 1.82) is 5.41 Å². The van der Waals surface area contributed by atoms with E-state index in [9.17, 15) is 9.59 Å². The molecule has 9 nitrogen and oxygen atoms in total. The van der Waals surface area contributed by atoms with Gasteiger partial charge in [0.05, 0.1) is 11.5 Å². The molecule has 146 valence electrons. The first-order chi connectivity index (χ1) is 12.9. The zero-order chi connectivity index (χ0) is 19.4. The maximum atomic E-state index is 12.5. The number of carboxylic acids is 1. The van der Waals surface area contributed by atoms with Crippen LogP contribution in [0.1, 0.15) is 44.1 Å². The van der Waals surface area contributed by atoms with E-state index < -0.39 is 5.97 Å². The fourth-order valence-electron chi connectivity index (χ4n) is 3.77. The minimum Gasteiger partial charge on any atom is -0.481 e. The van der Waals surface area contributed by atoms with Crippen molar-refractivity contribution >= 4 is 23.7 Å². The Labute approximate surface area is 157 Å². The lowest BCUT2D eigenvalue weighted by molar-refractivity contribution is -0.142. The molecule has 1 aromatic heterocycles. The molecule has 9 heteroatoms. The number of nitrogens with zero attached hydrogens (tertiary/aromatic N) is 3. The average molecular weight is 374 g/mol. The van der Waals surface area contributed by atoms with Crippen molar-refractivity contribution in [1.82, 2.24) is 15.3 Å². The van der Waals surface area contributed by atoms with E-state index in [1.165, 1.54) is 12.4 Å². The van der Waals surface area contributed by atoms with E-state index in [1.807, 2.05) is 4.90 Å². The molecule has 5 N–H and O–H groups in total. The van der Waals surface area contributed by atoms with Gasteiger partial charge in [-0.15, -0.1) is 0 Å². The van der Waals surface area contributed by atoms with Gasteiger partial charge in [0.2, 0.25) is 11.9 Å². The number of carboxylic acid groups (broad SMARTS) is 1. The molecule has 2 aliphatic rings. The molecule has 0 unspecified atom stereocenters. The number of hydrogen-bond donors (Lipinski definition) is 4. The third kappa shape index (κ3) is 4.72. The highest BCUT2D eigenvalue weighted by Gasteiger charge is 2.30. The van der Waals surface area contributed by atoms with Crippen LogP contribution in [0.2, 0.25) is 0 Å². The van der Waals surface area contributed by atoms with Crippen LogP contribution in [-0.2, 0) is 9.59 Å². The van der Waals surface area contributed by atoms with Crippen molar-refractivity contribution in [2.24, 2.45) is 17.6 Å². The third-order valence-corrected chi connectivity index (χ3v) is 5.52. The number of nitrogens with two attached hydrogens (primary N) is 1. The van der Waals surface area contributed by atoms with Crippen LogP contribution in [0.4, 0.5) is 5.95 Å². The zero-order valence-electron chi connectivity index (χ0n) is 15.2. The van der Waals surface area contributed by atoms with Crippen LogP contribution in [0.5, 0.6) is 0 Å². The van der Waals surface area contributed by atoms with Crippen LogP contribution in [0.25, 0.3) is 0 Å². The maximum Gasteiger partial charge on any atom is 0.306 e. The SMILES string of the molecule is N=C(N)c1cnc(N2CCC(C(=O)NC3CCC(C(=O)O)CC3)CC2)nc1. The molecule has 2 heterocycles. The Hall–Kier alpha value is -2.71. The number of carbonyl (C=O) groups excluding carboxylic acids is 1. The summed E-state index contributed by atoms with van der Waals surface area (Å²) < 4.78 is 0. The molecule has 1 amide bonds. The Bertz CT molecular complexity index is 692. The number of amides is 1. The van der Waals surface area contributed by atoms with E-state index in [-0.39, 0.29) is 29.6 Å². The van der Waals surface area contributed by atoms with Crippen LogP contribution in [0.3, 0.4) is 0 Å². The minimum absolute atomic E-state index is 0.0325. The summed E-state index contributed by atoms with van der Waals surface area (Å²) in [5.74, 6) is -0.433. The van der Waals surface area contributed by atoms with E-state index in [4.69, 9.17) is 16.2 Å². The Morgan fingerprint density at radius 1 is 1.07 bits per heavy atom. The number of aromatic nitrogens is 2. The van der Waals surface area contributed by atoms with Crippen molar-refractivity contribution in [3.8, 4) is 0 Å². The predicted octanol–water partition coefficient (Wildman–Crippen LogP) is 0.737. The van der Waals surface area contributed by atoms with Crippen molar-refractivity contribution in [3.63, 3.8) is 0 Å². The number of hydrogen-bond acceptors (Lipinski definition) is 6. The normalized spacial score (nSPS) is 23.6. The smallest absolute Gasteiger partial charge is 0.306 e. The van der Waals surface area contributed by atoms with Crippen molar-refractivity contribution in [2.45, 2.75) is 44.6 Å². The van der Waals surface area contributed by atoms with Gasteiger partial charge >= 0.3 is 5.97 Å². The van der Waals surface area contributed by atoms with Crippen LogP contribution in [0.15, 0.2) is 12.4 Å². The molecular formula is C18H26N6O3. The van der Waals surface area contributed by atoms with E-state index in [2.05, 4.69) is 15.3 Å². The van der Waals surface area contributed by atoms with Gasteiger partial charge in [-0.05, 0) is 38.5 Å². The van der Waals surface area contributed by atoms with Crippen molar-refractivity contribution in [2.75, 3.05) is 18.0 Å². The van der Waals surface area contributed by atoms with Crippen molar-refractivity contribution < 1.29 is 14.7 Å². The van der Waals surface area contributed by atoms with E-state index in [1.54, 1.807) is 0 Å². The fourth-order valence-corrected chi connectivity index (χ4v) is 3.77. The second kappa shape index (κ2) is 8.32. The molecule has 1 aliphatic heterocycles. The summed E-state index contributed by atoms with van der Waals surface area (Å²) in [4.78, 5) is 34.1. The summed E-state index contributed by atoms with van der Waals surface area (Å²) >= 11 is 0. The lowest BCUT2D eigenvalue weighted by atomic mass is 9.85. The molecule has 2 fully saturated rings.